The summed E-state index contributed by atoms with van der Waals surface area (Å²) >= 11 is 0. The molecule has 142 valence electrons. The van der Waals surface area contributed by atoms with Gasteiger partial charge in [0.05, 0.1) is 12.2 Å². The second-order valence-corrected chi connectivity index (χ2v) is 6.73. The molecule has 7 heteroatoms. The number of carboxylic acids is 1. The van der Waals surface area contributed by atoms with E-state index in [2.05, 4.69) is 10.3 Å². The van der Waals surface area contributed by atoms with Gasteiger partial charge in [-0.2, -0.15) is 0 Å². The Morgan fingerprint density at radius 3 is 2.44 bits per heavy atom. The van der Waals surface area contributed by atoms with E-state index in [-0.39, 0.29) is 23.8 Å². The molecule has 27 heavy (non-hydrogen) atoms. The summed E-state index contributed by atoms with van der Waals surface area (Å²) in [5.74, 6) is -0.563. The SMILES string of the molecule is CC1CN(C(=O)c2ccc(CNc3cccc(C(=O)O)n3)cc2)CC(C)O1. The monoisotopic (exact) mass is 369 g/mol. The van der Waals surface area contributed by atoms with Gasteiger partial charge >= 0.3 is 5.97 Å². The van der Waals surface area contributed by atoms with E-state index in [1.165, 1.54) is 6.07 Å². The Morgan fingerprint density at radius 2 is 1.81 bits per heavy atom. The van der Waals surface area contributed by atoms with Crippen molar-refractivity contribution >= 4 is 17.7 Å². The molecule has 2 heterocycles. The zero-order valence-corrected chi connectivity index (χ0v) is 15.4. The Balaban J connectivity index is 1.61. The Hall–Kier alpha value is -2.93. The van der Waals surface area contributed by atoms with Crippen molar-refractivity contribution in [1.29, 1.82) is 0 Å². The van der Waals surface area contributed by atoms with Gasteiger partial charge in [0.2, 0.25) is 0 Å². The maximum atomic E-state index is 12.7. The summed E-state index contributed by atoms with van der Waals surface area (Å²) in [5.41, 5.74) is 1.61. The van der Waals surface area contributed by atoms with Gasteiger partial charge in [0.15, 0.2) is 5.69 Å². The molecule has 1 aromatic carbocycles. The number of hydrogen-bond donors (Lipinski definition) is 2. The number of nitrogens with zero attached hydrogens (tertiary/aromatic N) is 2. The van der Waals surface area contributed by atoms with E-state index in [1.807, 2.05) is 43.0 Å². The molecule has 0 radical (unpaired) electrons. The van der Waals surface area contributed by atoms with Crippen LogP contribution in [-0.4, -0.2) is 52.2 Å². The van der Waals surface area contributed by atoms with Gasteiger partial charge < -0.3 is 20.1 Å². The van der Waals surface area contributed by atoms with E-state index in [0.29, 0.717) is 31.0 Å². The molecule has 0 bridgehead atoms. The first kappa shape index (κ1) is 18.8. The minimum Gasteiger partial charge on any atom is -0.477 e. The Bertz CT molecular complexity index is 812. The highest BCUT2D eigenvalue weighted by molar-refractivity contribution is 5.94. The lowest BCUT2D eigenvalue weighted by molar-refractivity contribution is -0.0586. The second kappa shape index (κ2) is 8.18. The number of benzene rings is 1. The van der Waals surface area contributed by atoms with Gasteiger partial charge in [0.1, 0.15) is 5.82 Å². The van der Waals surface area contributed by atoms with E-state index in [4.69, 9.17) is 9.84 Å². The molecular formula is C20H23N3O4. The van der Waals surface area contributed by atoms with Gasteiger partial charge in [-0.3, -0.25) is 4.79 Å². The number of carboxylic acid groups (broad SMARTS) is 1. The van der Waals surface area contributed by atoms with Crippen LogP contribution in [0.15, 0.2) is 42.5 Å². The lowest BCUT2D eigenvalue weighted by Gasteiger charge is -2.35. The lowest BCUT2D eigenvalue weighted by Crippen LogP contribution is -2.48. The van der Waals surface area contributed by atoms with Gasteiger partial charge in [0, 0.05) is 25.2 Å². The smallest absolute Gasteiger partial charge is 0.354 e. The number of ether oxygens (including phenoxy) is 1. The first-order valence-corrected chi connectivity index (χ1v) is 8.90. The summed E-state index contributed by atoms with van der Waals surface area (Å²) < 4.78 is 5.67. The van der Waals surface area contributed by atoms with Crippen molar-refractivity contribution in [3.8, 4) is 0 Å². The summed E-state index contributed by atoms with van der Waals surface area (Å²) in [7, 11) is 0. The van der Waals surface area contributed by atoms with Crippen LogP contribution in [0.25, 0.3) is 0 Å². The van der Waals surface area contributed by atoms with Crippen LogP contribution in [0, 0.1) is 0 Å². The molecule has 1 saturated heterocycles. The Morgan fingerprint density at radius 1 is 1.15 bits per heavy atom. The summed E-state index contributed by atoms with van der Waals surface area (Å²) in [6.45, 7) is 5.61. The summed E-state index contributed by atoms with van der Waals surface area (Å²) in [6.07, 6.45) is 0.0745. The van der Waals surface area contributed by atoms with Crippen LogP contribution in [-0.2, 0) is 11.3 Å². The summed E-state index contributed by atoms with van der Waals surface area (Å²) in [5, 5.41) is 12.1. The predicted molar refractivity (Wildman–Crippen MR) is 101 cm³/mol. The lowest BCUT2D eigenvalue weighted by atomic mass is 10.1. The maximum absolute atomic E-state index is 12.7. The standard InChI is InChI=1S/C20H23N3O4/c1-13-11-23(12-14(2)27-13)19(24)16-8-6-15(7-9-16)10-21-18-5-3-4-17(22-18)20(25)26/h3-9,13-14H,10-12H2,1-2H3,(H,21,22)(H,25,26). The average molecular weight is 369 g/mol. The highest BCUT2D eigenvalue weighted by atomic mass is 16.5. The van der Waals surface area contributed by atoms with Crippen LogP contribution in [0.5, 0.6) is 0 Å². The van der Waals surface area contributed by atoms with Crippen molar-refractivity contribution in [1.82, 2.24) is 9.88 Å². The number of morpholine rings is 1. The van der Waals surface area contributed by atoms with Crippen molar-refractivity contribution in [2.24, 2.45) is 0 Å². The van der Waals surface area contributed by atoms with Crippen LogP contribution in [0.1, 0.15) is 40.3 Å². The zero-order valence-electron chi connectivity index (χ0n) is 15.4. The molecule has 0 saturated carbocycles. The highest BCUT2D eigenvalue weighted by Gasteiger charge is 2.26. The number of aromatic nitrogens is 1. The molecule has 1 aliphatic heterocycles. The number of aromatic carboxylic acids is 1. The third kappa shape index (κ3) is 4.83. The fourth-order valence-corrected chi connectivity index (χ4v) is 3.14. The number of amides is 1. The predicted octanol–water partition coefficient (Wildman–Crippen LogP) is 2.64. The highest BCUT2D eigenvalue weighted by Crippen LogP contribution is 2.15. The van der Waals surface area contributed by atoms with Crippen LogP contribution >= 0.6 is 0 Å². The fourth-order valence-electron chi connectivity index (χ4n) is 3.14. The summed E-state index contributed by atoms with van der Waals surface area (Å²) in [6, 6.07) is 12.2. The number of anilines is 1. The van der Waals surface area contributed by atoms with Gasteiger partial charge in [0.25, 0.3) is 5.91 Å². The van der Waals surface area contributed by atoms with Crippen LogP contribution in [0.3, 0.4) is 0 Å². The van der Waals surface area contributed by atoms with E-state index >= 15 is 0 Å². The molecule has 3 rings (SSSR count). The van der Waals surface area contributed by atoms with E-state index in [1.54, 1.807) is 12.1 Å². The molecule has 1 aliphatic rings. The van der Waals surface area contributed by atoms with Crippen molar-refractivity contribution in [2.75, 3.05) is 18.4 Å². The first-order valence-electron chi connectivity index (χ1n) is 8.90. The van der Waals surface area contributed by atoms with Crippen molar-refractivity contribution in [3.63, 3.8) is 0 Å². The molecule has 2 atom stereocenters. The largest absolute Gasteiger partial charge is 0.477 e. The van der Waals surface area contributed by atoms with Gasteiger partial charge in [-0.15, -0.1) is 0 Å². The van der Waals surface area contributed by atoms with E-state index < -0.39 is 5.97 Å². The molecule has 2 N–H and O–H groups in total. The number of hydrogen-bond acceptors (Lipinski definition) is 5. The minimum atomic E-state index is -1.06. The molecule has 2 unspecified atom stereocenters. The summed E-state index contributed by atoms with van der Waals surface area (Å²) in [4.78, 5) is 29.5. The van der Waals surface area contributed by atoms with Crippen molar-refractivity contribution in [2.45, 2.75) is 32.6 Å². The minimum absolute atomic E-state index is 0.00471. The molecular weight excluding hydrogens is 346 g/mol. The third-order valence-electron chi connectivity index (χ3n) is 4.35. The van der Waals surface area contributed by atoms with Gasteiger partial charge in [-0.1, -0.05) is 18.2 Å². The average Bonchev–Trinajstić information content (AvgIpc) is 2.65. The number of carbonyl (C=O) groups is 2. The van der Waals surface area contributed by atoms with Crippen molar-refractivity contribution < 1.29 is 19.4 Å². The molecule has 1 fully saturated rings. The Kier molecular flexibility index (Phi) is 5.71. The number of carbonyl (C=O) groups excluding carboxylic acids is 1. The quantitative estimate of drug-likeness (QED) is 0.842. The molecule has 0 spiro atoms. The van der Waals surface area contributed by atoms with E-state index in [9.17, 15) is 9.59 Å². The van der Waals surface area contributed by atoms with Crippen molar-refractivity contribution in [3.05, 3.63) is 59.3 Å². The second-order valence-electron chi connectivity index (χ2n) is 6.73. The molecule has 2 aromatic rings. The number of pyridine rings is 1. The molecule has 1 aromatic heterocycles. The topological polar surface area (TPSA) is 91.8 Å². The van der Waals surface area contributed by atoms with E-state index in [0.717, 1.165) is 5.56 Å². The fraction of sp³-hybridized carbons (Fsp3) is 0.350. The molecule has 0 aliphatic carbocycles. The normalized spacial score (nSPS) is 19.6. The van der Waals surface area contributed by atoms with Crippen LogP contribution in [0.4, 0.5) is 5.82 Å². The first-order chi connectivity index (χ1) is 12.9. The zero-order chi connectivity index (χ0) is 19.4. The maximum Gasteiger partial charge on any atom is 0.354 e. The van der Waals surface area contributed by atoms with Gasteiger partial charge in [-0.05, 0) is 43.7 Å². The Labute approximate surface area is 158 Å². The number of rotatable bonds is 5. The van der Waals surface area contributed by atoms with Crippen LogP contribution < -0.4 is 5.32 Å². The molecule has 1 amide bonds. The van der Waals surface area contributed by atoms with Gasteiger partial charge in [-0.25, -0.2) is 9.78 Å². The molecule has 7 nitrogen and oxygen atoms in total. The number of nitrogens with one attached hydrogen (secondary N) is 1. The van der Waals surface area contributed by atoms with Crippen LogP contribution in [0.2, 0.25) is 0 Å². The third-order valence-corrected chi connectivity index (χ3v) is 4.35.